The molecule has 0 saturated carbocycles. The number of hydrogen-bond donors (Lipinski definition) is 0. The first kappa shape index (κ1) is 29.3. The zero-order chi connectivity index (χ0) is 30.0. The zero-order valence-corrected chi connectivity index (χ0v) is 26.5. The average Bonchev–Trinajstić information content (AvgIpc) is 3.35. The second kappa shape index (κ2) is 12.9. The molecule has 7 rings (SSSR count). The first-order valence-electron chi connectivity index (χ1n) is 15.0. The van der Waals surface area contributed by atoms with Crippen LogP contribution < -0.4 is 4.74 Å². The van der Waals surface area contributed by atoms with Crippen LogP contribution in [0.4, 0.5) is 4.39 Å². The quantitative estimate of drug-likeness (QED) is 0.151. The van der Waals surface area contributed by atoms with Gasteiger partial charge < -0.3 is 14.0 Å². The molecule has 2 aromatic carbocycles. The molecule has 226 valence electrons. The van der Waals surface area contributed by atoms with Crippen LogP contribution in [-0.2, 0) is 24.2 Å². The summed E-state index contributed by atoms with van der Waals surface area (Å²) >= 11 is 9.41. The Morgan fingerprint density at radius 3 is 2.61 bits per heavy atom. The van der Waals surface area contributed by atoms with Gasteiger partial charge in [0.15, 0.2) is 0 Å². The number of piperidine rings is 1. The molecule has 10 heteroatoms. The molecule has 2 fully saturated rings. The van der Waals surface area contributed by atoms with E-state index < -0.39 is 0 Å². The molecule has 44 heavy (non-hydrogen) atoms. The van der Waals surface area contributed by atoms with Crippen LogP contribution in [0.3, 0.4) is 0 Å². The summed E-state index contributed by atoms with van der Waals surface area (Å²) in [7, 11) is 0. The van der Waals surface area contributed by atoms with Crippen LogP contribution in [0.5, 0.6) is 5.88 Å². The minimum atomic E-state index is -0.325. The minimum Gasteiger partial charge on any atom is -0.474 e. The molecule has 5 heterocycles. The third-order valence-electron chi connectivity index (χ3n) is 8.42. The average molecular weight is 677 g/mol. The van der Waals surface area contributed by atoms with Gasteiger partial charge in [0.2, 0.25) is 5.88 Å². The van der Waals surface area contributed by atoms with E-state index in [1.165, 1.54) is 11.6 Å². The predicted molar refractivity (Wildman–Crippen MR) is 172 cm³/mol. The van der Waals surface area contributed by atoms with Crippen molar-refractivity contribution in [2.75, 3.05) is 19.7 Å². The van der Waals surface area contributed by atoms with Crippen LogP contribution in [0.25, 0.3) is 22.4 Å². The molecule has 2 aliphatic heterocycles. The number of halogens is 3. The number of fused-ring (bicyclic) bond motifs is 1. The molecule has 1 atom stereocenters. The molecule has 0 radical (unpaired) electrons. The molecule has 5 aromatic rings. The van der Waals surface area contributed by atoms with Crippen LogP contribution in [0, 0.1) is 5.82 Å². The van der Waals surface area contributed by atoms with Gasteiger partial charge in [-0.2, -0.15) is 0 Å². The fourth-order valence-corrected chi connectivity index (χ4v) is 6.45. The maximum Gasteiger partial charge on any atom is 0.213 e. The molecule has 0 spiro atoms. The highest BCUT2D eigenvalue weighted by Crippen LogP contribution is 2.31. The standard InChI is InChI=1S/C34H32BrClFN5O2/c35-32-18-30-31(19-38-32)42(21-27-12-15-43-27)34(40-30)28-6-2-1-4-23(28)20-41-13-10-26(11-14-41)44-33-7-3-5-25(39-33)16-22-8-9-24(36)17-29(22)37/h1-9,17-19,26-27H,10-16,20-21H2/t27-/m0/s1. The van der Waals surface area contributed by atoms with Gasteiger partial charge in [-0.05, 0) is 70.6 Å². The van der Waals surface area contributed by atoms with E-state index in [1.807, 2.05) is 30.5 Å². The number of nitrogens with zero attached hydrogens (tertiary/aromatic N) is 5. The van der Waals surface area contributed by atoms with Crippen molar-refractivity contribution in [3.63, 3.8) is 0 Å². The lowest BCUT2D eigenvalue weighted by Crippen LogP contribution is -2.38. The van der Waals surface area contributed by atoms with Gasteiger partial charge in [-0.15, -0.1) is 0 Å². The summed E-state index contributed by atoms with van der Waals surface area (Å²) in [6, 6.07) is 20.9. The highest BCUT2D eigenvalue weighted by Gasteiger charge is 2.25. The number of rotatable bonds is 9. The second-order valence-electron chi connectivity index (χ2n) is 11.5. The summed E-state index contributed by atoms with van der Waals surface area (Å²) in [4.78, 5) is 16.7. The molecule has 3 aromatic heterocycles. The van der Waals surface area contributed by atoms with E-state index >= 15 is 0 Å². The van der Waals surface area contributed by atoms with Crippen molar-refractivity contribution in [1.29, 1.82) is 0 Å². The summed E-state index contributed by atoms with van der Waals surface area (Å²) in [5.41, 5.74) is 5.64. The molecule has 0 aliphatic carbocycles. The van der Waals surface area contributed by atoms with Crippen LogP contribution in [0.15, 0.2) is 77.5 Å². The van der Waals surface area contributed by atoms with Crippen LogP contribution >= 0.6 is 27.5 Å². The third kappa shape index (κ3) is 6.52. The van der Waals surface area contributed by atoms with Gasteiger partial charge in [-0.1, -0.05) is 48.0 Å². The Labute approximate surface area is 269 Å². The van der Waals surface area contributed by atoms with Gasteiger partial charge in [0.1, 0.15) is 22.3 Å². The maximum absolute atomic E-state index is 14.3. The summed E-state index contributed by atoms with van der Waals surface area (Å²) < 4.78 is 29.4. The molecule has 0 bridgehead atoms. The smallest absolute Gasteiger partial charge is 0.213 e. The molecule has 2 saturated heterocycles. The Bertz CT molecular complexity index is 1790. The largest absolute Gasteiger partial charge is 0.474 e. The van der Waals surface area contributed by atoms with Gasteiger partial charge in [-0.25, -0.2) is 19.3 Å². The first-order chi connectivity index (χ1) is 21.5. The Kier molecular flexibility index (Phi) is 8.62. The normalized spacial score (nSPS) is 17.6. The van der Waals surface area contributed by atoms with E-state index in [-0.39, 0.29) is 18.0 Å². The third-order valence-corrected chi connectivity index (χ3v) is 9.09. The van der Waals surface area contributed by atoms with Crippen molar-refractivity contribution >= 4 is 38.6 Å². The second-order valence-corrected chi connectivity index (χ2v) is 12.7. The number of ether oxygens (including phenoxy) is 2. The lowest BCUT2D eigenvalue weighted by Gasteiger charge is -2.32. The molecule has 2 aliphatic rings. The fraction of sp³-hybridized carbons (Fsp3) is 0.324. The van der Waals surface area contributed by atoms with Crippen molar-refractivity contribution < 1.29 is 13.9 Å². The maximum atomic E-state index is 14.3. The van der Waals surface area contributed by atoms with E-state index in [0.29, 0.717) is 22.9 Å². The number of hydrogen-bond acceptors (Lipinski definition) is 6. The highest BCUT2D eigenvalue weighted by atomic mass is 79.9. The van der Waals surface area contributed by atoms with Crippen molar-refractivity contribution in [3.8, 4) is 17.3 Å². The van der Waals surface area contributed by atoms with Crippen molar-refractivity contribution in [1.82, 2.24) is 24.4 Å². The van der Waals surface area contributed by atoms with Gasteiger partial charge in [0, 0.05) is 55.0 Å². The number of pyridine rings is 2. The van der Waals surface area contributed by atoms with E-state index in [0.717, 1.165) is 84.8 Å². The SMILES string of the molecule is Fc1cc(Cl)ccc1Cc1cccc(OC2CCN(Cc3ccccc3-c3nc4cc(Br)ncc4n3C[C@@H]3CCO3)CC2)n1. The fourth-order valence-electron chi connectivity index (χ4n) is 5.98. The predicted octanol–water partition coefficient (Wildman–Crippen LogP) is 7.47. The highest BCUT2D eigenvalue weighted by molar-refractivity contribution is 9.10. The van der Waals surface area contributed by atoms with Gasteiger partial charge >= 0.3 is 0 Å². The molecule has 0 N–H and O–H groups in total. The minimum absolute atomic E-state index is 0.0779. The van der Waals surface area contributed by atoms with Crippen molar-refractivity contribution in [2.24, 2.45) is 0 Å². The van der Waals surface area contributed by atoms with Gasteiger partial charge in [0.05, 0.1) is 29.9 Å². The van der Waals surface area contributed by atoms with E-state index in [1.54, 1.807) is 12.1 Å². The number of aromatic nitrogens is 4. The number of benzene rings is 2. The zero-order valence-electron chi connectivity index (χ0n) is 24.1. The Hall–Kier alpha value is -3.37. The van der Waals surface area contributed by atoms with Crippen LogP contribution in [0.1, 0.15) is 36.1 Å². The van der Waals surface area contributed by atoms with Crippen molar-refractivity contribution in [3.05, 3.63) is 105 Å². The van der Waals surface area contributed by atoms with Gasteiger partial charge in [-0.3, -0.25) is 4.90 Å². The van der Waals surface area contributed by atoms with Crippen molar-refractivity contribution in [2.45, 2.75) is 51.0 Å². The van der Waals surface area contributed by atoms with Crippen LogP contribution in [-0.4, -0.2) is 56.3 Å². The summed E-state index contributed by atoms with van der Waals surface area (Å²) in [5.74, 6) is 1.21. The Morgan fingerprint density at radius 1 is 0.977 bits per heavy atom. The van der Waals surface area contributed by atoms with Crippen LogP contribution in [0.2, 0.25) is 5.02 Å². The lowest BCUT2D eigenvalue weighted by atomic mass is 10.0. The molecule has 7 nitrogen and oxygen atoms in total. The summed E-state index contributed by atoms with van der Waals surface area (Å²) in [6.45, 7) is 4.23. The number of imidazole rings is 1. The van der Waals surface area contributed by atoms with E-state index in [2.05, 4.69) is 59.6 Å². The summed E-state index contributed by atoms with van der Waals surface area (Å²) in [6.07, 6.45) is 5.41. The molecular formula is C34H32BrClFN5O2. The Morgan fingerprint density at radius 2 is 1.82 bits per heavy atom. The van der Waals surface area contributed by atoms with Gasteiger partial charge in [0.25, 0.3) is 0 Å². The lowest BCUT2D eigenvalue weighted by molar-refractivity contribution is -0.0584. The molecule has 0 amide bonds. The molecule has 0 unspecified atom stereocenters. The number of likely N-dealkylation sites (tertiary alicyclic amines) is 1. The Balaban J connectivity index is 1.02. The van der Waals surface area contributed by atoms with E-state index in [9.17, 15) is 4.39 Å². The first-order valence-corrected chi connectivity index (χ1v) is 16.2. The summed E-state index contributed by atoms with van der Waals surface area (Å²) in [5, 5.41) is 0.385. The monoisotopic (exact) mass is 675 g/mol. The van der Waals surface area contributed by atoms with E-state index in [4.69, 9.17) is 26.1 Å². The topological polar surface area (TPSA) is 65.3 Å². The molecular weight excluding hydrogens is 645 g/mol.